The number of phenols is 2. The van der Waals surface area contributed by atoms with E-state index in [-0.39, 0.29) is 23.3 Å². The van der Waals surface area contributed by atoms with E-state index in [9.17, 15) is 10.2 Å². The van der Waals surface area contributed by atoms with E-state index < -0.39 is 0 Å². The quantitative estimate of drug-likeness (QED) is 0.428. The van der Waals surface area contributed by atoms with E-state index in [1.54, 1.807) is 12.1 Å². The molecular formula is C23H32O2. The van der Waals surface area contributed by atoms with Crippen molar-refractivity contribution in [3.8, 4) is 11.5 Å². The minimum absolute atomic E-state index is 0.00571. The van der Waals surface area contributed by atoms with Gasteiger partial charge in [-0.1, -0.05) is 55.7 Å². The second kappa shape index (κ2) is 8.94. The molecule has 1 aliphatic carbocycles. The summed E-state index contributed by atoms with van der Waals surface area (Å²) < 4.78 is 0. The van der Waals surface area contributed by atoms with Gasteiger partial charge in [0, 0.05) is 11.5 Å². The van der Waals surface area contributed by atoms with E-state index in [0.717, 1.165) is 30.4 Å². The van der Waals surface area contributed by atoms with Gasteiger partial charge in [-0.15, -0.1) is 0 Å². The van der Waals surface area contributed by atoms with Crippen LogP contribution in [-0.2, 0) is 0 Å². The molecule has 1 aromatic carbocycles. The molecule has 0 fully saturated rings. The molecule has 25 heavy (non-hydrogen) atoms. The zero-order chi connectivity index (χ0) is 18.4. The van der Waals surface area contributed by atoms with Gasteiger partial charge in [-0.05, 0) is 63.1 Å². The number of allylic oxidation sites excluding steroid dienone is 4. The van der Waals surface area contributed by atoms with Crippen LogP contribution in [-0.4, -0.2) is 10.2 Å². The SMILES string of the molecule is C=C(C)[C@@H]1CCC(C)=C[C@H]1c1c(O)cc(/C=C/CCCCC)cc1O. The molecule has 2 N–H and O–H groups in total. The summed E-state index contributed by atoms with van der Waals surface area (Å²) >= 11 is 0. The number of hydrogen-bond acceptors (Lipinski definition) is 2. The van der Waals surface area contributed by atoms with Gasteiger partial charge in [0.05, 0.1) is 0 Å². The first-order valence-electron chi connectivity index (χ1n) is 9.49. The average Bonchev–Trinajstić information content (AvgIpc) is 2.54. The van der Waals surface area contributed by atoms with E-state index in [1.807, 2.05) is 13.0 Å². The van der Waals surface area contributed by atoms with Crippen LogP contribution in [0.5, 0.6) is 11.5 Å². The summed E-state index contributed by atoms with van der Waals surface area (Å²) in [5.74, 6) is 0.607. The van der Waals surface area contributed by atoms with Gasteiger partial charge in [0.25, 0.3) is 0 Å². The normalized spacial score (nSPS) is 20.7. The fraction of sp³-hybridized carbons (Fsp3) is 0.478. The number of rotatable bonds is 7. The number of hydrogen-bond donors (Lipinski definition) is 2. The van der Waals surface area contributed by atoms with Crippen molar-refractivity contribution in [2.24, 2.45) is 5.92 Å². The van der Waals surface area contributed by atoms with Gasteiger partial charge in [0.15, 0.2) is 0 Å². The van der Waals surface area contributed by atoms with Crippen LogP contribution < -0.4 is 0 Å². The molecule has 0 saturated heterocycles. The summed E-state index contributed by atoms with van der Waals surface area (Å²) in [4.78, 5) is 0. The van der Waals surface area contributed by atoms with Crippen molar-refractivity contribution in [3.05, 3.63) is 53.1 Å². The summed E-state index contributed by atoms with van der Waals surface area (Å²) in [5, 5.41) is 21.2. The van der Waals surface area contributed by atoms with Gasteiger partial charge in [0.1, 0.15) is 11.5 Å². The third-order valence-electron chi connectivity index (χ3n) is 5.16. The van der Waals surface area contributed by atoms with Crippen LogP contribution in [0.25, 0.3) is 6.08 Å². The van der Waals surface area contributed by atoms with Crippen molar-refractivity contribution < 1.29 is 10.2 Å². The number of aromatic hydroxyl groups is 2. The summed E-state index contributed by atoms with van der Waals surface area (Å²) in [6, 6.07) is 3.53. The average molecular weight is 341 g/mol. The maximum absolute atomic E-state index is 10.6. The van der Waals surface area contributed by atoms with Crippen LogP contribution in [0.3, 0.4) is 0 Å². The van der Waals surface area contributed by atoms with Crippen molar-refractivity contribution in [1.29, 1.82) is 0 Å². The first kappa shape index (κ1) is 19.4. The van der Waals surface area contributed by atoms with Crippen LogP contribution in [0.1, 0.15) is 76.3 Å². The minimum Gasteiger partial charge on any atom is -0.507 e. The van der Waals surface area contributed by atoms with E-state index in [0.29, 0.717) is 5.56 Å². The Morgan fingerprint density at radius 1 is 1.24 bits per heavy atom. The largest absolute Gasteiger partial charge is 0.507 e. The fourth-order valence-electron chi connectivity index (χ4n) is 3.72. The van der Waals surface area contributed by atoms with Gasteiger partial charge in [-0.2, -0.15) is 0 Å². The van der Waals surface area contributed by atoms with E-state index in [2.05, 4.69) is 32.6 Å². The van der Waals surface area contributed by atoms with Gasteiger partial charge in [0.2, 0.25) is 0 Å². The molecule has 0 aromatic heterocycles. The zero-order valence-electron chi connectivity index (χ0n) is 15.9. The molecule has 0 spiro atoms. The molecule has 0 bridgehead atoms. The zero-order valence-corrected chi connectivity index (χ0v) is 15.9. The predicted molar refractivity (Wildman–Crippen MR) is 107 cm³/mol. The lowest BCUT2D eigenvalue weighted by Crippen LogP contribution is -2.17. The standard InChI is InChI=1S/C23H32O2/c1-5-6-7-8-9-10-18-14-21(24)23(22(25)15-18)20-13-17(4)11-12-19(20)16(2)3/h9-10,13-15,19-20,24-25H,2,5-8,11-12H2,1,3-4H3/b10-9+/t19-,20+/m0/s1. The van der Waals surface area contributed by atoms with Crippen LogP contribution >= 0.6 is 0 Å². The predicted octanol–water partition coefficient (Wildman–Crippen LogP) is 6.71. The summed E-state index contributed by atoms with van der Waals surface area (Å²) in [7, 11) is 0. The van der Waals surface area contributed by atoms with Gasteiger partial charge >= 0.3 is 0 Å². The third-order valence-corrected chi connectivity index (χ3v) is 5.16. The van der Waals surface area contributed by atoms with Crippen molar-refractivity contribution in [1.82, 2.24) is 0 Å². The van der Waals surface area contributed by atoms with Crippen LogP contribution in [0.15, 0.2) is 42.0 Å². The monoisotopic (exact) mass is 340 g/mol. The maximum Gasteiger partial charge on any atom is 0.123 e. The number of phenolic OH excluding ortho intramolecular Hbond substituents is 2. The van der Waals surface area contributed by atoms with Gasteiger partial charge in [-0.3, -0.25) is 0 Å². The van der Waals surface area contributed by atoms with Crippen molar-refractivity contribution in [3.63, 3.8) is 0 Å². The molecule has 136 valence electrons. The molecule has 0 heterocycles. The van der Waals surface area contributed by atoms with Crippen molar-refractivity contribution in [2.45, 2.75) is 65.2 Å². The number of benzene rings is 1. The third kappa shape index (κ3) is 5.01. The Morgan fingerprint density at radius 3 is 2.52 bits per heavy atom. The Kier molecular flexibility index (Phi) is 6.92. The lowest BCUT2D eigenvalue weighted by Gasteiger charge is -2.31. The smallest absolute Gasteiger partial charge is 0.123 e. The molecule has 2 nitrogen and oxygen atoms in total. The topological polar surface area (TPSA) is 40.5 Å². The summed E-state index contributed by atoms with van der Waals surface area (Å²) in [6.45, 7) is 10.5. The summed E-state index contributed by atoms with van der Waals surface area (Å²) in [6.07, 6.45) is 13.0. The van der Waals surface area contributed by atoms with Crippen LogP contribution in [0.4, 0.5) is 0 Å². The van der Waals surface area contributed by atoms with E-state index in [4.69, 9.17) is 0 Å². The Morgan fingerprint density at radius 2 is 1.92 bits per heavy atom. The second-order valence-electron chi connectivity index (χ2n) is 7.40. The Balaban J connectivity index is 2.27. The first-order chi connectivity index (χ1) is 11.9. The molecule has 0 saturated carbocycles. The number of unbranched alkanes of at least 4 members (excludes halogenated alkanes) is 3. The maximum atomic E-state index is 10.6. The molecule has 2 heteroatoms. The first-order valence-corrected chi connectivity index (χ1v) is 9.49. The van der Waals surface area contributed by atoms with E-state index >= 15 is 0 Å². The molecule has 0 aliphatic heterocycles. The molecular weight excluding hydrogens is 308 g/mol. The highest BCUT2D eigenvalue weighted by molar-refractivity contribution is 5.60. The highest BCUT2D eigenvalue weighted by atomic mass is 16.3. The van der Waals surface area contributed by atoms with Crippen LogP contribution in [0.2, 0.25) is 0 Å². The lowest BCUT2D eigenvalue weighted by molar-refractivity contribution is 0.407. The van der Waals surface area contributed by atoms with Crippen LogP contribution in [0, 0.1) is 5.92 Å². The highest BCUT2D eigenvalue weighted by Crippen LogP contribution is 2.46. The van der Waals surface area contributed by atoms with E-state index in [1.165, 1.54) is 24.8 Å². The second-order valence-corrected chi connectivity index (χ2v) is 7.40. The Hall–Kier alpha value is -1.96. The minimum atomic E-state index is -0.00571. The molecule has 1 aromatic rings. The molecule has 0 unspecified atom stereocenters. The lowest BCUT2D eigenvalue weighted by atomic mass is 9.73. The molecule has 0 amide bonds. The Labute approximate surface area is 152 Å². The highest BCUT2D eigenvalue weighted by Gasteiger charge is 2.29. The molecule has 2 rings (SSSR count). The van der Waals surface area contributed by atoms with Crippen molar-refractivity contribution in [2.75, 3.05) is 0 Å². The Bertz CT molecular complexity index is 644. The molecule has 1 aliphatic rings. The van der Waals surface area contributed by atoms with Gasteiger partial charge in [-0.25, -0.2) is 0 Å². The molecule has 0 radical (unpaired) electrons. The summed E-state index contributed by atoms with van der Waals surface area (Å²) in [5.41, 5.74) is 3.89. The van der Waals surface area contributed by atoms with Crippen molar-refractivity contribution >= 4 is 6.08 Å². The fourth-order valence-corrected chi connectivity index (χ4v) is 3.72. The molecule has 2 atom stereocenters. The van der Waals surface area contributed by atoms with Gasteiger partial charge < -0.3 is 10.2 Å².